The van der Waals surface area contributed by atoms with E-state index in [0.29, 0.717) is 17.1 Å². The number of carbonyl (C=O) groups excluding carboxylic acids is 1. The van der Waals surface area contributed by atoms with Crippen LogP contribution in [0, 0.1) is 6.92 Å². The zero-order chi connectivity index (χ0) is 25.2. The number of carbonyl (C=O) groups is 1. The van der Waals surface area contributed by atoms with Crippen molar-refractivity contribution in [2.45, 2.75) is 33.2 Å². The minimum absolute atomic E-state index is 0.204. The lowest BCUT2D eigenvalue weighted by atomic mass is 10.1. The van der Waals surface area contributed by atoms with Gasteiger partial charge in [0.05, 0.1) is 31.1 Å². The first-order valence-electron chi connectivity index (χ1n) is 11.4. The van der Waals surface area contributed by atoms with Gasteiger partial charge in [-0.05, 0) is 76.2 Å². The van der Waals surface area contributed by atoms with E-state index in [4.69, 9.17) is 14.5 Å². The van der Waals surface area contributed by atoms with Gasteiger partial charge in [-0.25, -0.2) is 4.98 Å². The molecule has 0 saturated heterocycles. The smallest absolute Gasteiger partial charge is 0.276 e. The van der Waals surface area contributed by atoms with Crippen molar-refractivity contribution in [1.82, 2.24) is 14.8 Å². The number of amides is 1. The minimum atomic E-state index is -0.254. The largest absolute Gasteiger partial charge is 0.497 e. The normalized spacial score (nSPS) is 11.3. The van der Waals surface area contributed by atoms with E-state index in [1.165, 1.54) is 0 Å². The van der Waals surface area contributed by atoms with Crippen LogP contribution in [0.15, 0.2) is 66.7 Å². The number of nitrogens with zero attached hydrogens (tertiary/aromatic N) is 3. The van der Waals surface area contributed by atoms with Gasteiger partial charge in [-0.2, -0.15) is 5.10 Å². The fourth-order valence-electron chi connectivity index (χ4n) is 3.98. The zero-order valence-electron chi connectivity index (χ0n) is 20.9. The highest BCUT2D eigenvalue weighted by Crippen LogP contribution is 2.33. The summed E-state index contributed by atoms with van der Waals surface area (Å²) in [5.41, 5.74) is 5.03. The Hall–Kier alpha value is -4.13. The molecule has 7 nitrogen and oxygen atoms in total. The summed E-state index contributed by atoms with van der Waals surface area (Å²) in [7, 11) is 3.26. The average Bonchev–Trinajstić information content (AvgIpc) is 3.26. The predicted molar refractivity (Wildman–Crippen MR) is 138 cm³/mol. The van der Waals surface area contributed by atoms with E-state index in [1.807, 2.05) is 72.3 Å². The number of nitrogens with one attached hydrogen (secondary N) is 1. The Balaban J connectivity index is 1.61. The van der Waals surface area contributed by atoms with E-state index in [-0.39, 0.29) is 11.4 Å². The van der Waals surface area contributed by atoms with Crippen molar-refractivity contribution < 1.29 is 14.3 Å². The highest BCUT2D eigenvalue weighted by atomic mass is 16.5. The number of aryl methyl sites for hydroxylation is 1. The molecule has 1 amide bonds. The molecule has 2 aromatic carbocycles. The summed E-state index contributed by atoms with van der Waals surface area (Å²) < 4.78 is 12.8. The molecule has 2 aromatic heterocycles. The molecule has 0 spiro atoms. The van der Waals surface area contributed by atoms with Gasteiger partial charge in [0.15, 0.2) is 5.69 Å². The summed E-state index contributed by atoms with van der Waals surface area (Å²) >= 11 is 0. The van der Waals surface area contributed by atoms with Crippen LogP contribution in [0.5, 0.6) is 11.5 Å². The monoisotopic (exact) mass is 470 g/mol. The molecule has 0 bridgehead atoms. The number of benzene rings is 2. The lowest BCUT2D eigenvalue weighted by Gasteiger charge is -2.21. The maximum atomic E-state index is 12.9. The number of aromatic nitrogens is 3. The molecule has 4 aromatic rings. The Morgan fingerprint density at radius 1 is 0.914 bits per heavy atom. The molecule has 0 aliphatic heterocycles. The summed E-state index contributed by atoms with van der Waals surface area (Å²) in [6.45, 7) is 8.12. The first-order valence-corrected chi connectivity index (χ1v) is 11.4. The highest BCUT2D eigenvalue weighted by Gasteiger charge is 2.20. The molecule has 1 N–H and O–H groups in total. The van der Waals surface area contributed by atoms with Gasteiger partial charge in [-0.15, -0.1) is 0 Å². The Morgan fingerprint density at radius 2 is 1.66 bits per heavy atom. The quantitative estimate of drug-likeness (QED) is 0.377. The predicted octanol–water partition coefficient (Wildman–Crippen LogP) is 5.95. The van der Waals surface area contributed by atoms with Crippen LogP contribution in [0.2, 0.25) is 0 Å². The number of hydrogen-bond donors (Lipinski definition) is 1. The lowest BCUT2D eigenvalue weighted by Crippen LogP contribution is -2.25. The third-order valence-corrected chi connectivity index (χ3v) is 5.60. The molecule has 0 aliphatic rings. The first-order chi connectivity index (χ1) is 16.7. The second-order valence-electron chi connectivity index (χ2n) is 9.26. The van der Waals surface area contributed by atoms with Gasteiger partial charge < -0.3 is 14.8 Å². The standard InChI is InChI=1S/C28H30N4O3/c1-18-15-25(31-32(18)28(2,3)4)27(33)29-20-10-7-9-19(16-20)23-11-8-12-24(30-23)22-17-21(34-5)13-14-26(22)35-6/h7-17H,1-6H3,(H,29,33). The Kier molecular flexibility index (Phi) is 6.60. The van der Waals surface area contributed by atoms with Crippen LogP contribution in [-0.4, -0.2) is 34.9 Å². The molecular formula is C28H30N4O3. The number of pyridine rings is 1. The molecule has 180 valence electrons. The van der Waals surface area contributed by atoms with E-state index in [2.05, 4.69) is 31.2 Å². The van der Waals surface area contributed by atoms with Gasteiger partial charge >= 0.3 is 0 Å². The van der Waals surface area contributed by atoms with Crippen LogP contribution in [-0.2, 0) is 5.54 Å². The number of hydrogen-bond acceptors (Lipinski definition) is 5. The van der Waals surface area contributed by atoms with Crippen LogP contribution in [0.3, 0.4) is 0 Å². The van der Waals surface area contributed by atoms with Crippen molar-refractivity contribution in [3.05, 3.63) is 78.1 Å². The van der Waals surface area contributed by atoms with Crippen molar-refractivity contribution in [2.75, 3.05) is 19.5 Å². The molecule has 0 saturated carbocycles. The van der Waals surface area contributed by atoms with Crippen molar-refractivity contribution in [1.29, 1.82) is 0 Å². The van der Waals surface area contributed by atoms with Crippen molar-refractivity contribution >= 4 is 11.6 Å². The lowest BCUT2D eigenvalue weighted by molar-refractivity contribution is 0.102. The van der Waals surface area contributed by atoms with Gasteiger partial charge in [0, 0.05) is 22.5 Å². The summed E-state index contributed by atoms with van der Waals surface area (Å²) in [5.74, 6) is 1.18. The van der Waals surface area contributed by atoms with Gasteiger partial charge in [0.25, 0.3) is 5.91 Å². The third kappa shape index (κ3) is 5.19. The third-order valence-electron chi connectivity index (χ3n) is 5.60. The summed E-state index contributed by atoms with van der Waals surface area (Å²) in [5, 5.41) is 7.46. The molecule has 7 heteroatoms. The molecule has 35 heavy (non-hydrogen) atoms. The molecular weight excluding hydrogens is 440 g/mol. The van der Waals surface area contributed by atoms with Gasteiger partial charge in [0.1, 0.15) is 11.5 Å². The fourth-order valence-corrected chi connectivity index (χ4v) is 3.98. The fraction of sp³-hybridized carbons (Fsp3) is 0.250. The molecule has 2 heterocycles. The van der Waals surface area contributed by atoms with Crippen molar-refractivity contribution in [3.63, 3.8) is 0 Å². The van der Waals surface area contributed by atoms with Crippen LogP contribution >= 0.6 is 0 Å². The van der Waals surface area contributed by atoms with Crippen LogP contribution in [0.4, 0.5) is 5.69 Å². The van der Waals surface area contributed by atoms with E-state index in [1.54, 1.807) is 20.3 Å². The van der Waals surface area contributed by atoms with Crippen LogP contribution < -0.4 is 14.8 Å². The molecule has 0 aliphatic carbocycles. The van der Waals surface area contributed by atoms with Gasteiger partial charge in [-0.1, -0.05) is 18.2 Å². The van der Waals surface area contributed by atoms with E-state index >= 15 is 0 Å². The highest BCUT2D eigenvalue weighted by molar-refractivity contribution is 6.03. The zero-order valence-corrected chi connectivity index (χ0v) is 20.9. The van der Waals surface area contributed by atoms with E-state index in [0.717, 1.165) is 34.0 Å². The maximum Gasteiger partial charge on any atom is 0.276 e. The minimum Gasteiger partial charge on any atom is -0.497 e. The summed E-state index contributed by atoms with van der Waals surface area (Å²) in [6.07, 6.45) is 0. The Bertz CT molecular complexity index is 1370. The van der Waals surface area contributed by atoms with Crippen molar-refractivity contribution in [2.24, 2.45) is 0 Å². The van der Waals surface area contributed by atoms with Gasteiger partial charge in [-0.3, -0.25) is 9.48 Å². The van der Waals surface area contributed by atoms with Crippen molar-refractivity contribution in [3.8, 4) is 34.0 Å². The first kappa shape index (κ1) is 24.0. The van der Waals surface area contributed by atoms with E-state index in [9.17, 15) is 4.79 Å². The summed E-state index contributed by atoms with van der Waals surface area (Å²) in [4.78, 5) is 17.7. The number of methoxy groups -OCH3 is 2. The second kappa shape index (κ2) is 9.62. The summed E-state index contributed by atoms with van der Waals surface area (Å²) in [6, 6.07) is 20.8. The molecule has 0 fully saturated rings. The molecule has 0 unspecified atom stereocenters. The maximum absolute atomic E-state index is 12.9. The molecule has 0 atom stereocenters. The van der Waals surface area contributed by atoms with E-state index < -0.39 is 0 Å². The number of ether oxygens (including phenoxy) is 2. The van der Waals surface area contributed by atoms with Crippen LogP contribution in [0.1, 0.15) is 37.0 Å². The molecule has 4 rings (SSSR count). The van der Waals surface area contributed by atoms with Crippen LogP contribution in [0.25, 0.3) is 22.5 Å². The topological polar surface area (TPSA) is 78.3 Å². The second-order valence-corrected chi connectivity index (χ2v) is 9.26. The molecule has 0 radical (unpaired) electrons. The Morgan fingerprint density at radius 3 is 2.34 bits per heavy atom. The number of anilines is 1. The average molecular weight is 471 g/mol. The Labute approximate surface area is 205 Å². The number of rotatable bonds is 6. The SMILES string of the molecule is COc1ccc(OC)c(-c2cccc(-c3cccc(NC(=O)c4cc(C)n(C(C)(C)C)n4)c3)n2)c1. The van der Waals surface area contributed by atoms with Gasteiger partial charge in [0.2, 0.25) is 0 Å².